The Morgan fingerprint density at radius 3 is 1.26 bits per heavy atom. The van der Waals surface area contributed by atoms with Crippen LogP contribution in [0.2, 0.25) is 0 Å². The van der Waals surface area contributed by atoms with Crippen LogP contribution in [0.4, 0.5) is 17.1 Å². The number of para-hydroxylation sites is 1. The SMILES string of the molecule is c1ccc(-c2ccc(C(c3ccccc3)c3ccc(-c4ccc(N(c5ccccc5)c5ccc(-c6ccccc6)c6ccccc56)cc4)cc3)c3ccccc23)cc1. The predicted octanol–water partition coefficient (Wildman–Crippen LogP) is 15.6. The highest BCUT2D eigenvalue weighted by Gasteiger charge is 2.21. The highest BCUT2D eigenvalue weighted by Crippen LogP contribution is 2.43. The van der Waals surface area contributed by atoms with Crippen molar-refractivity contribution in [1.82, 2.24) is 0 Å². The summed E-state index contributed by atoms with van der Waals surface area (Å²) in [5, 5.41) is 5.00. The van der Waals surface area contributed by atoms with Crippen molar-refractivity contribution < 1.29 is 0 Å². The zero-order chi connectivity index (χ0) is 38.7. The summed E-state index contributed by atoms with van der Waals surface area (Å²) < 4.78 is 0. The molecular weight excluding hydrogens is 699 g/mol. The lowest BCUT2D eigenvalue weighted by molar-refractivity contribution is 0.989. The fourth-order valence-electron chi connectivity index (χ4n) is 8.66. The molecule has 1 atom stereocenters. The largest absolute Gasteiger partial charge is 0.310 e. The van der Waals surface area contributed by atoms with E-state index in [2.05, 4.69) is 248 Å². The van der Waals surface area contributed by atoms with Gasteiger partial charge in [0.2, 0.25) is 0 Å². The monoisotopic (exact) mass is 739 g/mol. The van der Waals surface area contributed by atoms with Crippen LogP contribution in [0, 0.1) is 0 Å². The van der Waals surface area contributed by atoms with Crippen LogP contribution in [0.25, 0.3) is 54.9 Å². The molecule has 0 aromatic heterocycles. The first-order chi connectivity index (χ1) is 28.8. The Morgan fingerprint density at radius 1 is 0.259 bits per heavy atom. The zero-order valence-electron chi connectivity index (χ0n) is 32.1. The third-order valence-corrected chi connectivity index (χ3v) is 11.4. The third-order valence-electron chi connectivity index (χ3n) is 11.4. The van der Waals surface area contributed by atoms with Crippen LogP contribution in [-0.4, -0.2) is 0 Å². The van der Waals surface area contributed by atoms with Gasteiger partial charge in [0.1, 0.15) is 0 Å². The lowest BCUT2D eigenvalue weighted by Crippen LogP contribution is -2.10. The Labute approximate surface area is 340 Å². The van der Waals surface area contributed by atoms with Gasteiger partial charge in [-0.3, -0.25) is 0 Å². The van der Waals surface area contributed by atoms with Crippen LogP contribution in [-0.2, 0) is 0 Å². The summed E-state index contributed by atoms with van der Waals surface area (Å²) in [6.45, 7) is 0. The van der Waals surface area contributed by atoms with Gasteiger partial charge >= 0.3 is 0 Å². The van der Waals surface area contributed by atoms with Crippen molar-refractivity contribution in [2.24, 2.45) is 0 Å². The van der Waals surface area contributed by atoms with Gasteiger partial charge in [-0.15, -0.1) is 0 Å². The van der Waals surface area contributed by atoms with Crippen LogP contribution in [0.15, 0.2) is 243 Å². The summed E-state index contributed by atoms with van der Waals surface area (Å²) in [5.41, 5.74) is 14.6. The molecule has 10 aromatic carbocycles. The summed E-state index contributed by atoms with van der Waals surface area (Å²) in [7, 11) is 0. The van der Waals surface area contributed by atoms with Crippen LogP contribution < -0.4 is 4.90 Å². The molecule has 0 saturated carbocycles. The minimum atomic E-state index is 0.0786. The maximum atomic E-state index is 2.38. The van der Waals surface area contributed by atoms with Crippen molar-refractivity contribution in [3.8, 4) is 33.4 Å². The maximum Gasteiger partial charge on any atom is 0.0540 e. The van der Waals surface area contributed by atoms with Gasteiger partial charge < -0.3 is 4.90 Å². The molecule has 0 aliphatic rings. The van der Waals surface area contributed by atoms with Gasteiger partial charge in [0.25, 0.3) is 0 Å². The van der Waals surface area contributed by atoms with Gasteiger partial charge in [0, 0.05) is 22.7 Å². The second-order valence-corrected chi connectivity index (χ2v) is 14.8. The molecule has 10 aromatic rings. The average molecular weight is 740 g/mol. The molecule has 0 aliphatic heterocycles. The van der Waals surface area contributed by atoms with E-state index in [0.717, 1.165) is 17.1 Å². The van der Waals surface area contributed by atoms with E-state index >= 15 is 0 Å². The van der Waals surface area contributed by atoms with Crippen molar-refractivity contribution in [1.29, 1.82) is 0 Å². The maximum absolute atomic E-state index is 2.38. The number of hydrogen-bond acceptors (Lipinski definition) is 1. The van der Waals surface area contributed by atoms with Gasteiger partial charge in [0.05, 0.1) is 5.69 Å². The Kier molecular flexibility index (Phi) is 9.39. The highest BCUT2D eigenvalue weighted by molar-refractivity contribution is 6.06. The molecule has 0 fully saturated rings. The number of nitrogens with zero attached hydrogens (tertiary/aromatic N) is 1. The van der Waals surface area contributed by atoms with E-state index in [9.17, 15) is 0 Å². The smallest absolute Gasteiger partial charge is 0.0540 e. The molecule has 274 valence electrons. The van der Waals surface area contributed by atoms with E-state index in [4.69, 9.17) is 0 Å². The van der Waals surface area contributed by atoms with Gasteiger partial charge in [-0.25, -0.2) is 0 Å². The van der Waals surface area contributed by atoms with E-state index in [0.29, 0.717) is 0 Å². The van der Waals surface area contributed by atoms with E-state index in [1.807, 2.05) is 0 Å². The first kappa shape index (κ1) is 35.0. The number of rotatable bonds is 9. The van der Waals surface area contributed by atoms with Crippen molar-refractivity contribution in [2.75, 3.05) is 4.90 Å². The van der Waals surface area contributed by atoms with Crippen LogP contribution in [0.5, 0.6) is 0 Å². The third kappa shape index (κ3) is 6.63. The lowest BCUT2D eigenvalue weighted by atomic mass is 9.81. The molecule has 10 rings (SSSR count). The van der Waals surface area contributed by atoms with E-state index in [1.165, 1.54) is 71.6 Å². The summed E-state index contributed by atoms with van der Waals surface area (Å²) in [4.78, 5) is 2.38. The molecule has 0 saturated heterocycles. The molecule has 0 radical (unpaired) electrons. The standard InChI is InChI=1S/C57H41N/c1-5-17-43(18-6-1)49-37-38-55(53-27-14-13-25-51(49)53)57(45-21-9-3-10-22-45)46-31-29-41(30-32-46)42-33-35-48(36-34-42)58(47-23-11-4-12-24-47)56-40-39-50(44-19-7-2-8-20-44)52-26-15-16-28-54(52)56/h1-40,57H. The zero-order valence-corrected chi connectivity index (χ0v) is 32.1. The fourth-order valence-corrected chi connectivity index (χ4v) is 8.66. The number of fused-ring (bicyclic) bond motifs is 2. The fraction of sp³-hybridized carbons (Fsp3) is 0.0175. The molecule has 0 spiro atoms. The molecule has 1 nitrogen and oxygen atoms in total. The van der Waals surface area contributed by atoms with Crippen LogP contribution in [0.3, 0.4) is 0 Å². The molecule has 1 heteroatoms. The van der Waals surface area contributed by atoms with Crippen molar-refractivity contribution in [3.05, 3.63) is 259 Å². The highest BCUT2D eigenvalue weighted by atomic mass is 15.1. The minimum absolute atomic E-state index is 0.0786. The molecular formula is C57H41N. The van der Waals surface area contributed by atoms with Gasteiger partial charge in [-0.05, 0) is 96.6 Å². The Bertz CT molecular complexity index is 2750. The van der Waals surface area contributed by atoms with Gasteiger partial charge in [0.15, 0.2) is 0 Å². The summed E-state index contributed by atoms with van der Waals surface area (Å²) in [5.74, 6) is 0.0786. The van der Waals surface area contributed by atoms with E-state index < -0.39 is 0 Å². The van der Waals surface area contributed by atoms with E-state index in [1.54, 1.807) is 0 Å². The minimum Gasteiger partial charge on any atom is -0.310 e. The molecule has 1 unspecified atom stereocenters. The van der Waals surface area contributed by atoms with Crippen molar-refractivity contribution in [3.63, 3.8) is 0 Å². The summed E-state index contributed by atoms with van der Waals surface area (Å²) in [6, 6.07) is 88.0. The summed E-state index contributed by atoms with van der Waals surface area (Å²) in [6.07, 6.45) is 0. The van der Waals surface area contributed by atoms with Gasteiger partial charge in [-0.2, -0.15) is 0 Å². The van der Waals surface area contributed by atoms with Crippen LogP contribution in [0.1, 0.15) is 22.6 Å². The topological polar surface area (TPSA) is 3.24 Å². The van der Waals surface area contributed by atoms with Crippen molar-refractivity contribution >= 4 is 38.6 Å². The number of hydrogen-bond donors (Lipinski definition) is 0. The normalized spacial score (nSPS) is 11.7. The van der Waals surface area contributed by atoms with Gasteiger partial charge in [-0.1, -0.05) is 212 Å². The Balaban J connectivity index is 1.02. The quantitative estimate of drug-likeness (QED) is 0.133. The molecule has 0 bridgehead atoms. The predicted molar refractivity (Wildman–Crippen MR) is 246 cm³/mol. The van der Waals surface area contributed by atoms with Crippen molar-refractivity contribution in [2.45, 2.75) is 5.92 Å². The average Bonchev–Trinajstić information content (AvgIpc) is 3.31. The Hall–Kier alpha value is -7.48. The number of anilines is 3. The molecule has 0 heterocycles. The first-order valence-electron chi connectivity index (χ1n) is 20.0. The lowest BCUT2D eigenvalue weighted by Gasteiger charge is -2.27. The second kappa shape index (κ2) is 15.6. The summed E-state index contributed by atoms with van der Waals surface area (Å²) >= 11 is 0. The molecule has 0 amide bonds. The first-order valence-corrected chi connectivity index (χ1v) is 20.0. The molecule has 0 N–H and O–H groups in total. The van der Waals surface area contributed by atoms with Crippen LogP contribution >= 0.6 is 0 Å². The second-order valence-electron chi connectivity index (χ2n) is 14.8. The van der Waals surface area contributed by atoms with E-state index in [-0.39, 0.29) is 5.92 Å². The Morgan fingerprint density at radius 2 is 0.672 bits per heavy atom. The molecule has 0 aliphatic carbocycles. The number of benzene rings is 10. The molecule has 58 heavy (non-hydrogen) atoms.